The molecular formula is C18H18ClNO5S. The monoisotopic (exact) mass is 395 g/mol. The molecule has 26 heavy (non-hydrogen) atoms. The number of anilines is 1. The first-order chi connectivity index (χ1) is 12.4. The minimum Gasteiger partial charge on any atom is -0.494 e. The molecule has 0 fully saturated rings. The first-order valence-electron chi connectivity index (χ1n) is 7.67. The smallest absolute Gasteiger partial charge is 0.351 e. The molecule has 0 unspecified atom stereocenters. The molecule has 0 saturated carbocycles. The molecule has 0 radical (unpaired) electrons. The Bertz CT molecular complexity index is 890. The van der Waals surface area contributed by atoms with Gasteiger partial charge in [-0.3, -0.25) is 0 Å². The minimum absolute atomic E-state index is 0.0629. The fourth-order valence-corrected chi connectivity index (χ4v) is 3.44. The van der Waals surface area contributed by atoms with Gasteiger partial charge in [-0.25, -0.2) is 13.2 Å². The van der Waals surface area contributed by atoms with Gasteiger partial charge in [0.15, 0.2) is 4.91 Å². The standard InChI is InChI=1S/C18H18ClNO5S/c1-3-25-15-8-6-14(7-9-15)20-12-17(18(21)24-2)26(22,23)16-10-4-13(19)5-11-16/h4-12,20H,3H2,1-2H3/b17-12-. The first kappa shape index (κ1) is 19.8. The van der Waals surface area contributed by atoms with Crippen molar-refractivity contribution in [3.8, 4) is 5.75 Å². The van der Waals surface area contributed by atoms with Crippen molar-refractivity contribution in [1.29, 1.82) is 0 Å². The number of rotatable bonds is 7. The van der Waals surface area contributed by atoms with Gasteiger partial charge >= 0.3 is 5.97 Å². The number of ether oxygens (including phenoxy) is 2. The summed E-state index contributed by atoms with van der Waals surface area (Å²) in [6.07, 6.45) is 1.10. The molecule has 2 rings (SSSR count). The third-order valence-corrected chi connectivity index (χ3v) is 5.34. The third-order valence-electron chi connectivity index (χ3n) is 3.34. The molecule has 0 heterocycles. The van der Waals surface area contributed by atoms with Crippen molar-refractivity contribution in [3.05, 3.63) is 64.7 Å². The number of halogens is 1. The van der Waals surface area contributed by atoms with E-state index < -0.39 is 20.7 Å². The third kappa shape index (κ3) is 4.77. The molecule has 0 aliphatic carbocycles. The fraction of sp³-hybridized carbons (Fsp3) is 0.167. The summed E-state index contributed by atoms with van der Waals surface area (Å²) in [5, 5.41) is 3.18. The van der Waals surface area contributed by atoms with E-state index in [1.54, 1.807) is 24.3 Å². The zero-order valence-electron chi connectivity index (χ0n) is 14.2. The van der Waals surface area contributed by atoms with Gasteiger partial charge in [-0.1, -0.05) is 11.6 Å². The predicted molar refractivity (Wildman–Crippen MR) is 100.0 cm³/mol. The lowest BCUT2D eigenvalue weighted by Crippen LogP contribution is -2.16. The zero-order chi connectivity index (χ0) is 19.2. The molecule has 0 aliphatic heterocycles. The van der Waals surface area contributed by atoms with Crippen molar-refractivity contribution < 1.29 is 22.7 Å². The van der Waals surface area contributed by atoms with Crippen molar-refractivity contribution in [2.45, 2.75) is 11.8 Å². The molecule has 8 heteroatoms. The number of benzene rings is 2. The SMILES string of the molecule is CCOc1ccc(N/C=C(/C(=O)OC)S(=O)(=O)c2ccc(Cl)cc2)cc1. The summed E-state index contributed by atoms with van der Waals surface area (Å²) < 4.78 is 35.4. The molecule has 6 nitrogen and oxygen atoms in total. The highest BCUT2D eigenvalue weighted by atomic mass is 35.5. The summed E-state index contributed by atoms with van der Waals surface area (Å²) in [5.41, 5.74) is 0.584. The maximum absolute atomic E-state index is 12.7. The summed E-state index contributed by atoms with van der Waals surface area (Å²) in [6.45, 7) is 2.41. The van der Waals surface area contributed by atoms with Crippen molar-refractivity contribution in [2.24, 2.45) is 0 Å². The Morgan fingerprint density at radius 3 is 2.27 bits per heavy atom. The molecule has 0 bridgehead atoms. The highest BCUT2D eigenvalue weighted by Gasteiger charge is 2.28. The van der Waals surface area contributed by atoms with E-state index in [9.17, 15) is 13.2 Å². The number of esters is 1. The van der Waals surface area contributed by atoms with E-state index in [1.807, 2.05) is 6.92 Å². The van der Waals surface area contributed by atoms with E-state index in [0.29, 0.717) is 23.1 Å². The molecule has 2 aromatic carbocycles. The highest BCUT2D eigenvalue weighted by Crippen LogP contribution is 2.23. The molecule has 1 N–H and O–H groups in total. The Kier molecular flexibility index (Phi) is 6.65. The Morgan fingerprint density at radius 2 is 1.73 bits per heavy atom. The predicted octanol–water partition coefficient (Wildman–Crippen LogP) is 3.64. The van der Waals surface area contributed by atoms with E-state index in [2.05, 4.69) is 10.1 Å². The second-order valence-electron chi connectivity index (χ2n) is 5.06. The topological polar surface area (TPSA) is 81.7 Å². The van der Waals surface area contributed by atoms with Crippen LogP contribution in [0.25, 0.3) is 0 Å². The Morgan fingerprint density at radius 1 is 1.12 bits per heavy atom. The molecule has 0 atom stereocenters. The maximum Gasteiger partial charge on any atom is 0.351 e. The van der Waals surface area contributed by atoms with Crippen LogP contribution in [0.2, 0.25) is 5.02 Å². The molecule has 0 saturated heterocycles. The van der Waals surface area contributed by atoms with E-state index >= 15 is 0 Å². The Labute approximate surface area is 157 Å². The van der Waals surface area contributed by atoms with Gasteiger partial charge < -0.3 is 14.8 Å². The van der Waals surface area contributed by atoms with Gasteiger partial charge in [0.1, 0.15) is 5.75 Å². The maximum atomic E-state index is 12.7. The fourth-order valence-electron chi connectivity index (χ4n) is 2.05. The highest BCUT2D eigenvalue weighted by molar-refractivity contribution is 7.96. The van der Waals surface area contributed by atoms with Gasteiger partial charge in [0.25, 0.3) is 0 Å². The average molecular weight is 396 g/mol. The van der Waals surface area contributed by atoms with Crippen molar-refractivity contribution in [3.63, 3.8) is 0 Å². The van der Waals surface area contributed by atoms with E-state index in [1.165, 1.54) is 24.3 Å². The normalized spacial score (nSPS) is 11.7. The molecule has 0 amide bonds. The zero-order valence-corrected chi connectivity index (χ0v) is 15.8. The van der Waals surface area contributed by atoms with Crippen LogP contribution < -0.4 is 10.1 Å². The summed E-state index contributed by atoms with van der Waals surface area (Å²) in [6, 6.07) is 12.4. The van der Waals surface area contributed by atoms with Gasteiger partial charge in [0.05, 0.1) is 18.6 Å². The number of methoxy groups -OCH3 is 1. The minimum atomic E-state index is -4.08. The van der Waals surface area contributed by atoms with Gasteiger partial charge in [-0.2, -0.15) is 0 Å². The van der Waals surface area contributed by atoms with Crippen LogP contribution >= 0.6 is 11.6 Å². The van der Waals surface area contributed by atoms with Crippen molar-refractivity contribution in [1.82, 2.24) is 0 Å². The average Bonchev–Trinajstić information content (AvgIpc) is 2.63. The van der Waals surface area contributed by atoms with Gasteiger partial charge in [0.2, 0.25) is 9.84 Å². The van der Waals surface area contributed by atoms with Gasteiger partial charge in [-0.05, 0) is 55.5 Å². The lowest BCUT2D eigenvalue weighted by Gasteiger charge is -2.09. The molecular weight excluding hydrogens is 378 g/mol. The second-order valence-corrected chi connectivity index (χ2v) is 7.41. The van der Waals surface area contributed by atoms with Crippen LogP contribution in [0.1, 0.15) is 6.92 Å². The van der Waals surface area contributed by atoms with Crippen LogP contribution in [0, 0.1) is 0 Å². The van der Waals surface area contributed by atoms with Gasteiger partial charge in [0, 0.05) is 16.9 Å². The summed E-state index contributed by atoms with van der Waals surface area (Å²) in [5.74, 6) is -0.289. The largest absolute Gasteiger partial charge is 0.494 e. The number of carbonyl (C=O) groups is 1. The quantitative estimate of drug-likeness (QED) is 0.569. The van der Waals surface area contributed by atoms with E-state index in [0.717, 1.165) is 13.3 Å². The van der Waals surface area contributed by atoms with Crippen LogP contribution in [0.15, 0.2) is 64.5 Å². The summed E-state index contributed by atoms with van der Waals surface area (Å²) in [7, 11) is -2.96. The molecule has 0 aliphatic rings. The van der Waals surface area contributed by atoms with E-state index in [-0.39, 0.29) is 4.90 Å². The summed E-state index contributed by atoms with van der Waals surface area (Å²) in [4.78, 5) is 11.4. The molecule has 138 valence electrons. The van der Waals surface area contributed by atoms with Gasteiger partial charge in [-0.15, -0.1) is 0 Å². The molecule has 2 aromatic rings. The van der Waals surface area contributed by atoms with Crippen molar-refractivity contribution >= 4 is 33.1 Å². The van der Waals surface area contributed by atoms with Crippen LogP contribution in [-0.2, 0) is 19.4 Å². The van der Waals surface area contributed by atoms with Crippen LogP contribution in [0.4, 0.5) is 5.69 Å². The number of carbonyl (C=O) groups excluding carboxylic acids is 1. The first-order valence-corrected chi connectivity index (χ1v) is 9.53. The Hall–Kier alpha value is -2.51. The summed E-state index contributed by atoms with van der Waals surface area (Å²) >= 11 is 5.78. The number of hydrogen-bond acceptors (Lipinski definition) is 6. The number of nitrogens with one attached hydrogen (secondary N) is 1. The van der Waals surface area contributed by atoms with Crippen LogP contribution in [0.3, 0.4) is 0 Å². The molecule has 0 spiro atoms. The second kappa shape index (κ2) is 8.73. The number of hydrogen-bond donors (Lipinski definition) is 1. The lowest BCUT2D eigenvalue weighted by atomic mass is 10.3. The Balaban J connectivity index is 2.33. The lowest BCUT2D eigenvalue weighted by molar-refractivity contribution is -0.135. The van der Waals surface area contributed by atoms with Crippen LogP contribution in [0.5, 0.6) is 5.75 Å². The van der Waals surface area contributed by atoms with E-state index in [4.69, 9.17) is 16.3 Å². The molecule has 0 aromatic heterocycles. The van der Waals surface area contributed by atoms with Crippen LogP contribution in [-0.4, -0.2) is 28.1 Å². The number of sulfone groups is 1. The van der Waals surface area contributed by atoms with Crippen molar-refractivity contribution in [2.75, 3.05) is 19.0 Å².